The van der Waals surface area contributed by atoms with Crippen molar-refractivity contribution < 1.29 is 4.79 Å². The van der Waals surface area contributed by atoms with Crippen LogP contribution >= 0.6 is 15.9 Å². The second-order valence-corrected chi connectivity index (χ2v) is 5.79. The molecule has 1 amide bonds. The van der Waals surface area contributed by atoms with Crippen molar-refractivity contribution in [3.05, 3.63) is 34.9 Å². The lowest BCUT2D eigenvalue weighted by molar-refractivity contribution is -0.130. The Kier molecular flexibility index (Phi) is 4.44. The van der Waals surface area contributed by atoms with E-state index in [2.05, 4.69) is 48.0 Å². The molecule has 0 aliphatic carbocycles. The molecular weight excluding hydrogens is 290 g/mol. The molecule has 0 bridgehead atoms. The third-order valence-electron chi connectivity index (χ3n) is 3.72. The van der Waals surface area contributed by atoms with Crippen LogP contribution < -0.4 is 0 Å². The van der Waals surface area contributed by atoms with Gasteiger partial charge in [-0.1, -0.05) is 39.7 Å². The zero-order chi connectivity index (χ0) is 13.1. The lowest BCUT2D eigenvalue weighted by atomic mass is 10.0. The number of hydrogen-bond donors (Lipinski definition) is 0. The second kappa shape index (κ2) is 5.87. The Bertz CT molecular complexity index is 444. The third kappa shape index (κ3) is 2.94. The highest BCUT2D eigenvalue weighted by atomic mass is 79.9. The molecule has 2 rings (SSSR count). The number of carbonyl (C=O) groups excluding carboxylic acids is 1. The number of carbonyl (C=O) groups is 1. The minimum Gasteiger partial charge on any atom is -0.339 e. The molecule has 0 radical (unpaired) electrons. The number of alkyl halides is 1. The Morgan fingerprint density at radius 1 is 1.44 bits per heavy atom. The summed E-state index contributed by atoms with van der Waals surface area (Å²) >= 11 is 3.50. The molecule has 1 atom stereocenters. The molecule has 1 saturated heterocycles. The summed E-state index contributed by atoms with van der Waals surface area (Å²) in [5.41, 5.74) is 3.60. The summed E-state index contributed by atoms with van der Waals surface area (Å²) < 4.78 is 0. The Labute approximate surface area is 117 Å². The van der Waals surface area contributed by atoms with E-state index in [0.717, 1.165) is 24.7 Å². The zero-order valence-corrected chi connectivity index (χ0v) is 12.7. The lowest BCUT2D eigenvalue weighted by Crippen LogP contribution is -2.37. The van der Waals surface area contributed by atoms with Crippen molar-refractivity contribution in [2.75, 3.05) is 11.9 Å². The fourth-order valence-electron chi connectivity index (χ4n) is 2.58. The van der Waals surface area contributed by atoms with E-state index in [1.807, 2.05) is 4.90 Å². The first-order valence-electron chi connectivity index (χ1n) is 6.53. The van der Waals surface area contributed by atoms with E-state index in [9.17, 15) is 4.79 Å². The fraction of sp³-hybridized carbons (Fsp3) is 0.533. The first-order valence-corrected chi connectivity index (χ1v) is 7.65. The molecule has 1 aromatic rings. The van der Waals surface area contributed by atoms with E-state index in [1.165, 1.54) is 16.7 Å². The van der Waals surface area contributed by atoms with E-state index in [4.69, 9.17) is 0 Å². The predicted octanol–water partition coefficient (Wildman–Crippen LogP) is 3.23. The summed E-state index contributed by atoms with van der Waals surface area (Å²) in [4.78, 5) is 14.4. The smallest absolute Gasteiger partial charge is 0.227 e. The van der Waals surface area contributed by atoms with Gasteiger partial charge in [-0.05, 0) is 37.8 Å². The van der Waals surface area contributed by atoms with Gasteiger partial charge in [0.1, 0.15) is 0 Å². The van der Waals surface area contributed by atoms with Gasteiger partial charge in [-0.2, -0.15) is 0 Å². The summed E-state index contributed by atoms with van der Waals surface area (Å²) in [6.07, 6.45) is 2.80. The number of likely N-dealkylation sites (tertiary alicyclic amines) is 1. The summed E-state index contributed by atoms with van der Waals surface area (Å²) in [6, 6.07) is 6.72. The maximum atomic E-state index is 12.4. The highest BCUT2D eigenvalue weighted by Crippen LogP contribution is 2.21. The monoisotopic (exact) mass is 309 g/mol. The first kappa shape index (κ1) is 13.6. The average molecular weight is 310 g/mol. The lowest BCUT2D eigenvalue weighted by Gasteiger charge is -2.23. The number of nitrogens with zero attached hydrogens (tertiary/aromatic N) is 1. The molecule has 2 nitrogen and oxygen atoms in total. The predicted molar refractivity (Wildman–Crippen MR) is 78.1 cm³/mol. The number of aryl methyl sites for hydroxylation is 2. The topological polar surface area (TPSA) is 20.3 Å². The number of amides is 1. The molecule has 0 aromatic heterocycles. The summed E-state index contributed by atoms with van der Waals surface area (Å²) in [7, 11) is 0. The van der Waals surface area contributed by atoms with Crippen molar-refractivity contribution in [3.63, 3.8) is 0 Å². The summed E-state index contributed by atoms with van der Waals surface area (Å²) in [5.74, 6) is 0.269. The van der Waals surface area contributed by atoms with Crippen LogP contribution in [0, 0.1) is 13.8 Å². The van der Waals surface area contributed by atoms with Gasteiger partial charge in [0.05, 0.1) is 6.42 Å². The van der Waals surface area contributed by atoms with Crippen LogP contribution in [0.15, 0.2) is 18.2 Å². The van der Waals surface area contributed by atoms with E-state index in [-0.39, 0.29) is 5.91 Å². The molecule has 1 heterocycles. The zero-order valence-electron chi connectivity index (χ0n) is 11.1. The van der Waals surface area contributed by atoms with E-state index >= 15 is 0 Å². The van der Waals surface area contributed by atoms with E-state index in [0.29, 0.717) is 12.5 Å². The molecule has 0 spiro atoms. The molecular formula is C15H20BrNO. The third-order valence-corrected chi connectivity index (χ3v) is 4.47. The van der Waals surface area contributed by atoms with Crippen molar-refractivity contribution in [1.82, 2.24) is 4.90 Å². The molecule has 0 saturated carbocycles. The van der Waals surface area contributed by atoms with Crippen molar-refractivity contribution in [3.8, 4) is 0 Å². The molecule has 0 N–H and O–H groups in total. The largest absolute Gasteiger partial charge is 0.339 e. The average Bonchev–Trinajstić information content (AvgIpc) is 2.82. The van der Waals surface area contributed by atoms with Crippen molar-refractivity contribution in [2.45, 2.75) is 39.2 Å². The van der Waals surface area contributed by atoms with Crippen LogP contribution in [0.4, 0.5) is 0 Å². The van der Waals surface area contributed by atoms with Crippen LogP contribution in [0.3, 0.4) is 0 Å². The molecule has 3 heteroatoms. The van der Waals surface area contributed by atoms with Gasteiger partial charge in [-0.25, -0.2) is 0 Å². The Balaban J connectivity index is 2.09. The van der Waals surface area contributed by atoms with Gasteiger partial charge < -0.3 is 4.90 Å². The van der Waals surface area contributed by atoms with E-state index in [1.54, 1.807) is 0 Å². The summed E-state index contributed by atoms with van der Waals surface area (Å²) in [6.45, 7) is 5.07. The SMILES string of the molecule is Cc1ccc(C)c(CC(=O)N2CCCC2CBr)c1. The number of halogens is 1. The highest BCUT2D eigenvalue weighted by Gasteiger charge is 2.27. The normalized spacial score (nSPS) is 19.3. The van der Waals surface area contributed by atoms with Gasteiger partial charge in [0, 0.05) is 17.9 Å². The van der Waals surface area contributed by atoms with Crippen LogP contribution in [0.25, 0.3) is 0 Å². The quantitative estimate of drug-likeness (QED) is 0.785. The molecule has 1 aromatic carbocycles. The maximum absolute atomic E-state index is 12.4. The van der Waals surface area contributed by atoms with Crippen molar-refractivity contribution >= 4 is 21.8 Å². The van der Waals surface area contributed by atoms with Gasteiger partial charge >= 0.3 is 0 Å². The Hall–Kier alpha value is -0.830. The first-order chi connectivity index (χ1) is 8.61. The van der Waals surface area contributed by atoms with Gasteiger partial charge in [0.15, 0.2) is 0 Å². The molecule has 18 heavy (non-hydrogen) atoms. The van der Waals surface area contributed by atoms with Crippen LogP contribution in [-0.4, -0.2) is 28.7 Å². The second-order valence-electron chi connectivity index (χ2n) is 5.14. The van der Waals surface area contributed by atoms with Crippen LogP contribution in [0.2, 0.25) is 0 Å². The van der Waals surface area contributed by atoms with Gasteiger partial charge in [0.25, 0.3) is 0 Å². The number of rotatable bonds is 3. The maximum Gasteiger partial charge on any atom is 0.227 e. The Morgan fingerprint density at radius 3 is 2.94 bits per heavy atom. The molecule has 1 aliphatic heterocycles. The van der Waals surface area contributed by atoms with Crippen LogP contribution in [-0.2, 0) is 11.2 Å². The fourth-order valence-corrected chi connectivity index (χ4v) is 3.25. The Morgan fingerprint density at radius 2 is 2.22 bits per heavy atom. The number of benzene rings is 1. The molecule has 1 fully saturated rings. The van der Waals surface area contributed by atoms with Crippen molar-refractivity contribution in [1.29, 1.82) is 0 Å². The minimum atomic E-state index is 0.269. The molecule has 1 aliphatic rings. The van der Waals surface area contributed by atoms with E-state index < -0.39 is 0 Å². The summed E-state index contributed by atoms with van der Waals surface area (Å²) in [5, 5.41) is 0.894. The van der Waals surface area contributed by atoms with Crippen molar-refractivity contribution in [2.24, 2.45) is 0 Å². The van der Waals surface area contributed by atoms with Gasteiger partial charge in [-0.3, -0.25) is 4.79 Å². The molecule has 98 valence electrons. The minimum absolute atomic E-state index is 0.269. The van der Waals surface area contributed by atoms with Crippen LogP contribution in [0.1, 0.15) is 29.5 Å². The standard InChI is InChI=1S/C15H20BrNO/c1-11-5-6-12(2)13(8-11)9-15(18)17-7-3-4-14(17)10-16/h5-6,8,14H,3-4,7,9-10H2,1-2H3. The van der Waals surface area contributed by atoms with Crippen LogP contribution in [0.5, 0.6) is 0 Å². The van der Waals surface area contributed by atoms with Gasteiger partial charge in [-0.15, -0.1) is 0 Å². The number of hydrogen-bond acceptors (Lipinski definition) is 1. The molecule has 1 unspecified atom stereocenters. The van der Waals surface area contributed by atoms with Gasteiger partial charge in [0.2, 0.25) is 5.91 Å². The highest BCUT2D eigenvalue weighted by molar-refractivity contribution is 9.09.